The maximum atomic E-state index is 10.5. The van der Waals surface area contributed by atoms with Gasteiger partial charge in [0.1, 0.15) is 30.0 Å². The van der Waals surface area contributed by atoms with Crippen molar-refractivity contribution < 1.29 is 20.1 Å². The van der Waals surface area contributed by atoms with Crippen LogP contribution in [0.2, 0.25) is 0 Å². The molecule has 0 aromatic heterocycles. The van der Waals surface area contributed by atoms with Crippen molar-refractivity contribution in [1.29, 1.82) is 0 Å². The fourth-order valence-corrected chi connectivity index (χ4v) is 2.91. The number of nitrogens with two attached hydrogens (primary N) is 2. The van der Waals surface area contributed by atoms with Crippen LogP contribution in [0.25, 0.3) is 0 Å². The second-order valence-corrected chi connectivity index (χ2v) is 5.48. The molecule has 21 heavy (non-hydrogen) atoms. The molecular formula is C11H18N6O4. The van der Waals surface area contributed by atoms with Crippen LogP contribution < -0.4 is 11.5 Å². The monoisotopic (exact) mass is 298 g/mol. The Balaban J connectivity index is 1.88. The van der Waals surface area contributed by atoms with Gasteiger partial charge in [0.05, 0.1) is 13.2 Å². The van der Waals surface area contributed by atoms with Crippen molar-refractivity contribution in [2.24, 2.45) is 26.6 Å². The summed E-state index contributed by atoms with van der Waals surface area (Å²) in [5.41, 5.74) is 9.77. The molecule has 0 amide bonds. The van der Waals surface area contributed by atoms with Gasteiger partial charge in [0.2, 0.25) is 5.96 Å². The molecule has 10 nitrogen and oxygen atoms in total. The summed E-state index contributed by atoms with van der Waals surface area (Å²) in [6.45, 7) is 1.31. The van der Waals surface area contributed by atoms with Crippen LogP contribution in [0.15, 0.2) is 15.1 Å². The fraction of sp³-hybridized carbons (Fsp3) is 0.727. The Hall–Kier alpha value is -1.75. The molecule has 0 radical (unpaired) electrons. The molecule has 3 aliphatic heterocycles. The van der Waals surface area contributed by atoms with Crippen molar-refractivity contribution in [2.75, 3.05) is 13.2 Å². The number of nitrogens with zero attached hydrogens (tertiary/aromatic N) is 4. The van der Waals surface area contributed by atoms with E-state index in [-0.39, 0.29) is 18.3 Å². The summed E-state index contributed by atoms with van der Waals surface area (Å²) in [5.74, 6) is 0.479. The predicted octanol–water partition coefficient (Wildman–Crippen LogP) is -3.46. The van der Waals surface area contributed by atoms with E-state index in [0.29, 0.717) is 5.84 Å². The molecule has 116 valence electrons. The number of aliphatic imine (C=N–C) groups is 2. The Kier molecular flexibility index (Phi) is 3.13. The second-order valence-electron chi connectivity index (χ2n) is 5.48. The first-order valence-corrected chi connectivity index (χ1v) is 6.55. The van der Waals surface area contributed by atoms with Crippen LogP contribution in [0.4, 0.5) is 0 Å². The van der Waals surface area contributed by atoms with Crippen molar-refractivity contribution in [2.45, 2.75) is 36.9 Å². The van der Waals surface area contributed by atoms with Crippen molar-refractivity contribution >= 4 is 17.6 Å². The molecule has 7 N–H and O–H groups in total. The molecule has 0 aromatic rings. The number of ether oxygens (including phenoxy) is 1. The zero-order valence-corrected chi connectivity index (χ0v) is 11.4. The summed E-state index contributed by atoms with van der Waals surface area (Å²) >= 11 is 0. The minimum absolute atomic E-state index is 0.0183. The van der Waals surface area contributed by atoms with Crippen LogP contribution in [0.5, 0.6) is 0 Å². The van der Waals surface area contributed by atoms with E-state index in [1.54, 1.807) is 0 Å². The van der Waals surface area contributed by atoms with Gasteiger partial charge < -0.3 is 31.5 Å². The largest absolute Gasteiger partial charge is 0.394 e. The van der Waals surface area contributed by atoms with Crippen LogP contribution >= 0.6 is 0 Å². The number of rotatable bonds is 2. The predicted molar refractivity (Wildman–Crippen MR) is 73.6 cm³/mol. The number of hydrazone groups is 1. The first kappa shape index (κ1) is 14.2. The molecule has 5 atom stereocenters. The Morgan fingerprint density at radius 2 is 2.19 bits per heavy atom. The molecule has 0 spiro atoms. The molecule has 0 aromatic carbocycles. The van der Waals surface area contributed by atoms with E-state index < -0.39 is 36.6 Å². The molecule has 1 unspecified atom stereocenters. The quantitative estimate of drug-likeness (QED) is 0.354. The molecular weight excluding hydrogens is 280 g/mol. The molecule has 3 heterocycles. The molecule has 10 heteroatoms. The van der Waals surface area contributed by atoms with Gasteiger partial charge in [0.15, 0.2) is 11.7 Å². The summed E-state index contributed by atoms with van der Waals surface area (Å²) in [7, 11) is 0. The Bertz CT molecular complexity index is 545. The van der Waals surface area contributed by atoms with Gasteiger partial charge in [0.25, 0.3) is 0 Å². The highest BCUT2D eigenvalue weighted by atomic mass is 16.6. The maximum absolute atomic E-state index is 10.5. The number of guanidine groups is 1. The van der Waals surface area contributed by atoms with E-state index in [0.717, 1.165) is 0 Å². The van der Waals surface area contributed by atoms with Gasteiger partial charge in [-0.2, -0.15) is 4.99 Å². The van der Waals surface area contributed by atoms with E-state index in [1.807, 2.05) is 0 Å². The third-order valence-electron chi connectivity index (χ3n) is 4.01. The summed E-state index contributed by atoms with van der Waals surface area (Å²) in [6.07, 6.45) is -2.90. The number of hydrogen-bond donors (Lipinski definition) is 5. The van der Waals surface area contributed by atoms with Crippen LogP contribution in [-0.2, 0) is 4.74 Å². The van der Waals surface area contributed by atoms with E-state index in [4.69, 9.17) is 16.2 Å². The number of aliphatic hydroxyl groups excluding tert-OH is 2. The van der Waals surface area contributed by atoms with Crippen LogP contribution in [-0.4, -0.2) is 81.1 Å². The third kappa shape index (κ3) is 1.99. The molecule has 0 saturated carbocycles. The topological polar surface area (TPSA) is 162 Å². The minimum Gasteiger partial charge on any atom is -0.394 e. The molecule has 3 rings (SSSR count). The van der Waals surface area contributed by atoms with Gasteiger partial charge in [-0.3, -0.25) is 4.99 Å². The third-order valence-corrected chi connectivity index (χ3v) is 4.01. The van der Waals surface area contributed by atoms with E-state index in [9.17, 15) is 15.3 Å². The van der Waals surface area contributed by atoms with E-state index in [2.05, 4.69) is 15.1 Å². The normalized spacial score (nSPS) is 42.5. The Labute approximate surface area is 120 Å². The first-order chi connectivity index (χ1) is 9.86. The fourth-order valence-electron chi connectivity index (χ4n) is 2.91. The molecule has 3 aliphatic rings. The molecule has 0 aliphatic carbocycles. The van der Waals surface area contributed by atoms with E-state index >= 15 is 0 Å². The van der Waals surface area contributed by atoms with Gasteiger partial charge in [-0.05, 0) is 6.92 Å². The highest BCUT2D eigenvalue weighted by molar-refractivity contribution is 6.42. The molecule has 1 fully saturated rings. The maximum Gasteiger partial charge on any atom is 0.240 e. The average molecular weight is 298 g/mol. The lowest BCUT2D eigenvalue weighted by molar-refractivity contribution is -0.0832. The van der Waals surface area contributed by atoms with Crippen LogP contribution in [0.3, 0.4) is 0 Å². The van der Waals surface area contributed by atoms with Crippen molar-refractivity contribution in [3.63, 3.8) is 0 Å². The summed E-state index contributed by atoms with van der Waals surface area (Å²) in [4.78, 5) is 8.06. The lowest BCUT2D eigenvalue weighted by Crippen LogP contribution is -2.56. The van der Waals surface area contributed by atoms with Gasteiger partial charge >= 0.3 is 0 Å². The van der Waals surface area contributed by atoms with Crippen LogP contribution in [0, 0.1) is 0 Å². The van der Waals surface area contributed by atoms with Crippen molar-refractivity contribution in [1.82, 2.24) is 5.01 Å². The Morgan fingerprint density at radius 3 is 2.81 bits per heavy atom. The van der Waals surface area contributed by atoms with Gasteiger partial charge in [-0.1, -0.05) is 0 Å². The second kappa shape index (κ2) is 4.63. The molecule has 0 bridgehead atoms. The smallest absolute Gasteiger partial charge is 0.240 e. The molecule has 1 saturated heterocycles. The number of hydrogen-bond acceptors (Lipinski definition) is 10. The van der Waals surface area contributed by atoms with Crippen LogP contribution in [0.1, 0.15) is 6.92 Å². The SMILES string of the molecule is C[C@@]1(O)[C@H](O)[C@@H](CO)O[C@H]1C1CN=C2C(N)=NC(N)=NN21. The average Bonchev–Trinajstić information content (AvgIpc) is 2.91. The number of amidine groups is 2. The lowest BCUT2D eigenvalue weighted by Gasteiger charge is -2.34. The van der Waals surface area contributed by atoms with E-state index in [1.165, 1.54) is 11.9 Å². The highest BCUT2D eigenvalue weighted by Crippen LogP contribution is 2.36. The standard InChI is InChI=1S/C11H18N6O4/c1-11(20)6(19)5(3-18)21-7(11)4-2-14-9-8(12)15-10(13)16-17(4)9/h4-7,18-20H,2-3H2,1H3,(H4,12,13,15,16)/t4?,5-,6-,7+,11-/m1/s1. The summed E-state index contributed by atoms with van der Waals surface area (Å²) in [6, 6.07) is -0.492. The minimum atomic E-state index is -1.56. The zero-order chi connectivity index (χ0) is 15.4. The summed E-state index contributed by atoms with van der Waals surface area (Å²) in [5, 5.41) is 35.3. The van der Waals surface area contributed by atoms with Gasteiger partial charge in [0, 0.05) is 0 Å². The number of aliphatic hydroxyl groups is 3. The lowest BCUT2D eigenvalue weighted by atomic mass is 9.89. The zero-order valence-electron chi connectivity index (χ0n) is 11.4. The first-order valence-electron chi connectivity index (χ1n) is 6.55. The number of fused-ring (bicyclic) bond motifs is 1. The highest BCUT2D eigenvalue weighted by Gasteiger charge is 2.57. The van der Waals surface area contributed by atoms with Crippen molar-refractivity contribution in [3.8, 4) is 0 Å². The van der Waals surface area contributed by atoms with Gasteiger partial charge in [-0.25, -0.2) is 5.01 Å². The Morgan fingerprint density at radius 1 is 1.48 bits per heavy atom. The van der Waals surface area contributed by atoms with Gasteiger partial charge in [-0.15, -0.1) is 5.10 Å². The summed E-state index contributed by atoms with van der Waals surface area (Å²) < 4.78 is 5.59. The van der Waals surface area contributed by atoms with Crippen molar-refractivity contribution in [3.05, 3.63) is 0 Å².